The summed E-state index contributed by atoms with van der Waals surface area (Å²) >= 11 is 0. The first kappa shape index (κ1) is 17.7. The molecule has 0 aromatic carbocycles. The topological polar surface area (TPSA) is 65.1 Å². The zero-order valence-electron chi connectivity index (χ0n) is 15.1. The number of nitrogens with zero attached hydrogens (tertiary/aromatic N) is 4. The lowest BCUT2D eigenvalue weighted by molar-refractivity contribution is -0.204. The summed E-state index contributed by atoms with van der Waals surface area (Å²) in [6.07, 6.45) is 6.87. The van der Waals surface area contributed by atoms with Gasteiger partial charge in [0, 0.05) is 12.4 Å². The molecule has 2 atom stereocenters. The first-order valence-electron chi connectivity index (χ1n) is 7.92. The van der Waals surface area contributed by atoms with E-state index in [1.165, 1.54) is 0 Å². The lowest BCUT2D eigenvalue weighted by Gasteiger charge is -2.39. The van der Waals surface area contributed by atoms with Crippen LogP contribution in [0.1, 0.15) is 58.0 Å². The molecule has 6 heteroatoms. The van der Waals surface area contributed by atoms with E-state index in [0.717, 1.165) is 11.1 Å². The molecule has 2 aromatic heterocycles. The summed E-state index contributed by atoms with van der Waals surface area (Å²) in [6, 6.07) is -0.00212. The van der Waals surface area contributed by atoms with Gasteiger partial charge in [-0.1, -0.05) is 0 Å². The van der Waals surface area contributed by atoms with E-state index in [9.17, 15) is 5.11 Å². The van der Waals surface area contributed by atoms with Gasteiger partial charge in [-0.15, -0.1) is 0 Å². The molecule has 1 unspecified atom stereocenters. The van der Waals surface area contributed by atoms with Crippen LogP contribution in [0.5, 0.6) is 0 Å². The third kappa shape index (κ3) is 4.00. The van der Waals surface area contributed by atoms with E-state index in [2.05, 4.69) is 17.1 Å². The number of hydrogen-bond donors (Lipinski definition) is 1. The number of aliphatic hydroxyl groups is 1. The average molecular weight is 320 g/mol. The fourth-order valence-corrected chi connectivity index (χ4v) is 2.43. The van der Waals surface area contributed by atoms with E-state index in [4.69, 9.17) is 4.74 Å². The number of rotatable bonds is 6. The van der Waals surface area contributed by atoms with Gasteiger partial charge >= 0.3 is 0 Å². The molecule has 1 N–H and O–H groups in total. The minimum atomic E-state index is -1.07. The Morgan fingerprint density at radius 3 is 1.87 bits per heavy atom. The molecule has 6 nitrogen and oxygen atoms in total. The lowest BCUT2D eigenvalue weighted by Crippen LogP contribution is -2.44. The van der Waals surface area contributed by atoms with Crippen molar-refractivity contribution >= 4 is 0 Å². The third-order valence-electron chi connectivity index (χ3n) is 4.12. The van der Waals surface area contributed by atoms with Crippen molar-refractivity contribution in [3.05, 3.63) is 35.9 Å². The highest BCUT2D eigenvalue weighted by Crippen LogP contribution is 2.34. The maximum atomic E-state index is 10.6. The predicted octanol–water partition coefficient (Wildman–Crippen LogP) is 3.02. The van der Waals surface area contributed by atoms with E-state index < -0.39 is 17.4 Å². The number of hydrogen-bond acceptors (Lipinski definition) is 4. The number of aryl methyl sites for hydroxylation is 2. The van der Waals surface area contributed by atoms with Crippen molar-refractivity contribution in [3.63, 3.8) is 0 Å². The molecule has 2 aromatic rings. The van der Waals surface area contributed by atoms with Crippen molar-refractivity contribution in [2.45, 2.75) is 71.9 Å². The van der Waals surface area contributed by atoms with Gasteiger partial charge in [-0.25, -0.2) is 4.68 Å². The van der Waals surface area contributed by atoms with Crippen LogP contribution in [0, 0.1) is 13.8 Å². The molecule has 0 aliphatic rings. The molecule has 0 fully saturated rings. The first-order chi connectivity index (χ1) is 10.5. The molecule has 0 aliphatic carbocycles. The van der Waals surface area contributed by atoms with Gasteiger partial charge in [-0.05, 0) is 59.6 Å². The first-order valence-corrected chi connectivity index (χ1v) is 7.92. The summed E-state index contributed by atoms with van der Waals surface area (Å²) < 4.78 is 9.89. The van der Waals surface area contributed by atoms with E-state index in [0.29, 0.717) is 0 Å². The Labute approximate surface area is 138 Å². The summed E-state index contributed by atoms with van der Waals surface area (Å²) in [5.74, 6) is 0. The minimum absolute atomic E-state index is 0.00212. The monoisotopic (exact) mass is 320 g/mol. The molecule has 23 heavy (non-hydrogen) atoms. The fourth-order valence-electron chi connectivity index (χ4n) is 2.43. The predicted molar refractivity (Wildman–Crippen MR) is 89.1 cm³/mol. The smallest absolute Gasteiger partial charge is 0.178 e. The molecule has 0 aliphatic heterocycles. The van der Waals surface area contributed by atoms with Gasteiger partial charge < -0.3 is 9.84 Å². The highest BCUT2D eigenvalue weighted by molar-refractivity contribution is 5.03. The maximum absolute atomic E-state index is 10.6. The molecule has 128 valence electrons. The summed E-state index contributed by atoms with van der Waals surface area (Å²) in [5, 5.41) is 19.2. The molecule has 0 saturated heterocycles. The third-order valence-corrected chi connectivity index (χ3v) is 4.12. The zero-order chi connectivity index (χ0) is 17.4. The van der Waals surface area contributed by atoms with Crippen molar-refractivity contribution in [1.82, 2.24) is 19.6 Å². The van der Waals surface area contributed by atoms with Gasteiger partial charge in [0.1, 0.15) is 5.60 Å². The van der Waals surface area contributed by atoms with Gasteiger partial charge in [0.2, 0.25) is 0 Å². The molecule has 0 bridgehead atoms. The summed E-state index contributed by atoms with van der Waals surface area (Å²) in [6.45, 7) is 13.5. The molecule has 0 amide bonds. The second-order valence-electron chi connectivity index (χ2n) is 7.40. The van der Waals surface area contributed by atoms with E-state index in [-0.39, 0.29) is 6.04 Å². The molecule has 2 rings (SSSR count). The lowest BCUT2D eigenvalue weighted by atomic mass is 9.99. The standard InChI is InChI=1S/C17H28N4O2/c1-12-8-18-20(10-12)14(3)17(6,7)23-15(16(4,5)22)21-11-13(2)9-19-21/h8-11,14-15,22H,1-7H3/t14?,15-/m0/s1. The number of ether oxygens (including phenoxy) is 1. The second kappa shape index (κ2) is 6.09. The van der Waals surface area contributed by atoms with Crippen molar-refractivity contribution in [1.29, 1.82) is 0 Å². The van der Waals surface area contributed by atoms with Gasteiger partial charge in [0.15, 0.2) is 6.23 Å². The van der Waals surface area contributed by atoms with Gasteiger partial charge in [-0.3, -0.25) is 4.68 Å². The van der Waals surface area contributed by atoms with E-state index in [1.54, 1.807) is 24.7 Å². The Hall–Kier alpha value is -1.66. The van der Waals surface area contributed by atoms with Crippen LogP contribution < -0.4 is 0 Å². The Bertz CT molecular complexity index is 652. The SMILES string of the molecule is Cc1cnn(C(C)C(C)(C)O[C@H](n2cc(C)cn2)C(C)(C)O)c1. The molecular formula is C17H28N4O2. The Morgan fingerprint density at radius 1 is 1.00 bits per heavy atom. The minimum Gasteiger partial charge on any atom is -0.386 e. The van der Waals surface area contributed by atoms with Crippen LogP contribution in [0.25, 0.3) is 0 Å². The van der Waals surface area contributed by atoms with E-state index in [1.807, 2.05) is 51.0 Å². The van der Waals surface area contributed by atoms with Crippen molar-refractivity contribution in [2.75, 3.05) is 0 Å². The van der Waals surface area contributed by atoms with Crippen LogP contribution in [0.15, 0.2) is 24.8 Å². The molecule has 0 radical (unpaired) electrons. The van der Waals surface area contributed by atoms with Crippen LogP contribution in [0.4, 0.5) is 0 Å². The van der Waals surface area contributed by atoms with Crippen LogP contribution in [0.2, 0.25) is 0 Å². The van der Waals surface area contributed by atoms with Gasteiger partial charge in [-0.2, -0.15) is 10.2 Å². The summed E-state index contributed by atoms with van der Waals surface area (Å²) in [7, 11) is 0. The van der Waals surface area contributed by atoms with Crippen LogP contribution in [-0.2, 0) is 4.74 Å². The van der Waals surface area contributed by atoms with Crippen LogP contribution >= 0.6 is 0 Å². The van der Waals surface area contributed by atoms with Crippen molar-refractivity contribution < 1.29 is 9.84 Å². The van der Waals surface area contributed by atoms with E-state index >= 15 is 0 Å². The van der Waals surface area contributed by atoms with Crippen LogP contribution in [-0.4, -0.2) is 35.9 Å². The Morgan fingerprint density at radius 2 is 1.48 bits per heavy atom. The molecular weight excluding hydrogens is 292 g/mol. The fraction of sp³-hybridized carbons (Fsp3) is 0.647. The van der Waals surface area contributed by atoms with Crippen molar-refractivity contribution in [2.24, 2.45) is 0 Å². The van der Waals surface area contributed by atoms with Crippen LogP contribution in [0.3, 0.4) is 0 Å². The highest BCUT2D eigenvalue weighted by Gasteiger charge is 2.39. The largest absolute Gasteiger partial charge is 0.386 e. The molecule has 2 heterocycles. The maximum Gasteiger partial charge on any atom is 0.178 e. The highest BCUT2D eigenvalue weighted by atomic mass is 16.5. The Kier molecular flexibility index (Phi) is 4.69. The average Bonchev–Trinajstić information content (AvgIpc) is 3.02. The van der Waals surface area contributed by atoms with Gasteiger partial charge in [0.05, 0.1) is 24.0 Å². The Balaban J connectivity index is 2.27. The molecule has 0 saturated carbocycles. The van der Waals surface area contributed by atoms with Crippen molar-refractivity contribution in [3.8, 4) is 0 Å². The normalized spacial score (nSPS) is 15.7. The summed E-state index contributed by atoms with van der Waals surface area (Å²) in [5.41, 5.74) is 0.504. The second-order valence-corrected chi connectivity index (χ2v) is 7.40. The number of aromatic nitrogens is 4. The quantitative estimate of drug-likeness (QED) is 0.888. The molecule has 0 spiro atoms. The van der Waals surface area contributed by atoms with Gasteiger partial charge in [0.25, 0.3) is 0 Å². The summed E-state index contributed by atoms with van der Waals surface area (Å²) in [4.78, 5) is 0. The zero-order valence-corrected chi connectivity index (χ0v) is 15.1.